The van der Waals surface area contributed by atoms with Gasteiger partial charge in [-0.05, 0) is 31.9 Å². The molecule has 0 fully saturated rings. The zero-order valence-electron chi connectivity index (χ0n) is 8.97. The van der Waals surface area contributed by atoms with Gasteiger partial charge in [0.25, 0.3) is 0 Å². The zero-order chi connectivity index (χ0) is 11.3. The van der Waals surface area contributed by atoms with Crippen LogP contribution in [0.3, 0.4) is 0 Å². The van der Waals surface area contributed by atoms with Crippen molar-refractivity contribution in [2.75, 3.05) is 0 Å². The third-order valence-corrected chi connectivity index (χ3v) is 3.27. The maximum absolute atomic E-state index is 11.4. The number of carbonyl (C=O) groups is 1. The second-order valence-electron chi connectivity index (χ2n) is 4.01. The number of benzene rings is 1. The lowest BCUT2D eigenvalue weighted by molar-refractivity contribution is -0.991. The van der Waals surface area contributed by atoms with Gasteiger partial charge in [-0.2, -0.15) is 5.23 Å². The van der Waals surface area contributed by atoms with Crippen LogP contribution in [0.4, 0.5) is 5.69 Å². The molecule has 15 heavy (non-hydrogen) atoms. The van der Waals surface area contributed by atoms with Gasteiger partial charge in [-0.1, -0.05) is 0 Å². The van der Waals surface area contributed by atoms with Gasteiger partial charge in [0.1, 0.15) is 0 Å². The van der Waals surface area contributed by atoms with Crippen molar-refractivity contribution in [1.82, 2.24) is 0 Å². The molecule has 4 nitrogen and oxygen atoms in total. The lowest BCUT2D eigenvalue weighted by atomic mass is 9.78. The van der Waals surface area contributed by atoms with Crippen molar-refractivity contribution in [2.24, 2.45) is 0 Å². The van der Waals surface area contributed by atoms with E-state index in [-0.39, 0.29) is 5.78 Å². The molecule has 1 aromatic carbocycles. The van der Waals surface area contributed by atoms with Crippen LogP contribution in [0.5, 0.6) is 0 Å². The molecule has 0 saturated heterocycles. The van der Waals surface area contributed by atoms with Crippen molar-refractivity contribution in [3.05, 3.63) is 33.0 Å². The van der Waals surface area contributed by atoms with Gasteiger partial charge in [0, 0.05) is 23.1 Å². The molecule has 0 radical (unpaired) electrons. The maximum Gasteiger partial charge on any atom is 0.170 e. The number of quaternary nitrogens is 1. The van der Waals surface area contributed by atoms with E-state index in [0.717, 1.165) is 22.3 Å². The van der Waals surface area contributed by atoms with Crippen LogP contribution in [0, 0.1) is 26.0 Å². The van der Waals surface area contributed by atoms with E-state index in [0.29, 0.717) is 17.7 Å². The molecule has 0 amide bonds. The average Bonchev–Trinajstić information content (AvgIpc) is 2.11. The third-order valence-electron chi connectivity index (χ3n) is 3.27. The molecule has 80 valence electrons. The van der Waals surface area contributed by atoms with E-state index in [1.165, 1.54) is 0 Å². The fraction of sp³-hybridized carbons (Fsp3) is 0.364. The molecule has 1 aromatic rings. The Hall–Kier alpha value is -1.23. The summed E-state index contributed by atoms with van der Waals surface area (Å²) in [6.45, 7) is 5.36. The highest BCUT2D eigenvalue weighted by atomic mass is 16.8. The SMILES string of the molecule is Cc1c(C)c([NH+]([O-])O)c(C)c2c1C(=O)C2. The molecule has 1 aliphatic carbocycles. The highest BCUT2D eigenvalue weighted by molar-refractivity contribution is 6.09. The Morgan fingerprint density at radius 2 is 1.80 bits per heavy atom. The molecule has 2 N–H and O–H groups in total. The molecule has 1 aliphatic rings. The fourth-order valence-corrected chi connectivity index (χ4v) is 2.28. The first-order chi connectivity index (χ1) is 6.95. The Kier molecular flexibility index (Phi) is 2.15. The summed E-state index contributed by atoms with van der Waals surface area (Å²) in [5.74, 6) is 0.130. The summed E-state index contributed by atoms with van der Waals surface area (Å²) in [7, 11) is 0. The van der Waals surface area contributed by atoms with Gasteiger partial charge in [0.15, 0.2) is 11.5 Å². The Morgan fingerprint density at radius 3 is 2.27 bits per heavy atom. The topological polar surface area (TPSA) is 64.8 Å². The zero-order valence-corrected chi connectivity index (χ0v) is 8.97. The summed E-state index contributed by atoms with van der Waals surface area (Å²) in [5.41, 5.74) is 4.31. The summed E-state index contributed by atoms with van der Waals surface area (Å²) in [4.78, 5) is 11.4. The first-order valence-electron chi connectivity index (χ1n) is 4.84. The summed E-state index contributed by atoms with van der Waals surface area (Å²) in [5, 5.41) is 19.3. The summed E-state index contributed by atoms with van der Waals surface area (Å²) >= 11 is 0. The number of nitrogens with one attached hydrogen (secondary N) is 1. The smallest absolute Gasteiger partial charge is 0.170 e. The number of carbonyl (C=O) groups excluding carboxylic acids is 1. The number of fused-ring (bicyclic) bond motifs is 1. The standard InChI is InChI=1S/C11H13NO3/c1-5-6(2)11(12(14)15)7(3)8-4-9(13)10(5)8/h12,14H,4H2,1-3H3. The number of Topliss-reactive ketones (excluding diaryl/α,β-unsaturated/α-hetero) is 1. The van der Waals surface area contributed by atoms with Crippen LogP contribution in [-0.2, 0) is 6.42 Å². The highest BCUT2D eigenvalue weighted by Gasteiger charge is 2.32. The Balaban J connectivity index is 2.76. The fourth-order valence-electron chi connectivity index (χ4n) is 2.28. The van der Waals surface area contributed by atoms with Crippen molar-refractivity contribution < 1.29 is 15.2 Å². The minimum atomic E-state index is -0.907. The molecule has 0 aromatic heterocycles. The van der Waals surface area contributed by atoms with Gasteiger partial charge in [-0.3, -0.25) is 4.79 Å². The lowest BCUT2D eigenvalue weighted by Crippen LogP contribution is -2.99. The van der Waals surface area contributed by atoms with Gasteiger partial charge in [0.05, 0.1) is 0 Å². The number of hydrogen-bond donors (Lipinski definition) is 2. The van der Waals surface area contributed by atoms with E-state index < -0.39 is 5.23 Å². The average molecular weight is 207 g/mol. The molecule has 4 heteroatoms. The van der Waals surface area contributed by atoms with Crippen LogP contribution in [0.15, 0.2) is 0 Å². The van der Waals surface area contributed by atoms with Gasteiger partial charge in [-0.25, -0.2) is 5.21 Å². The summed E-state index contributed by atoms with van der Waals surface area (Å²) in [6, 6.07) is 0. The molecule has 1 unspecified atom stereocenters. The third kappa shape index (κ3) is 1.23. The summed E-state index contributed by atoms with van der Waals surface area (Å²) < 4.78 is 0. The van der Waals surface area contributed by atoms with E-state index in [1.54, 1.807) is 13.8 Å². The van der Waals surface area contributed by atoms with E-state index in [2.05, 4.69) is 0 Å². The largest absolute Gasteiger partial charge is 0.595 e. The minimum Gasteiger partial charge on any atom is -0.595 e. The van der Waals surface area contributed by atoms with E-state index in [4.69, 9.17) is 5.21 Å². The minimum absolute atomic E-state index is 0.130. The number of rotatable bonds is 1. The van der Waals surface area contributed by atoms with Gasteiger partial charge < -0.3 is 5.21 Å². The predicted octanol–water partition coefficient (Wildman–Crippen LogP) is 0.754. The van der Waals surface area contributed by atoms with Gasteiger partial charge in [0.2, 0.25) is 0 Å². The molecule has 0 heterocycles. The quantitative estimate of drug-likeness (QED) is 0.668. The van der Waals surface area contributed by atoms with E-state index in [1.807, 2.05) is 6.92 Å². The monoisotopic (exact) mass is 207 g/mol. The molecule has 1 atom stereocenters. The molecular formula is C11H13NO3. The molecular weight excluding hydrogens is 194 g/mol. The summed E-state index contributed by atoms with van der Waals surface area (Å²) in [6.07, 6.45) is 0.391. The van der Waals surface area contributed by atoms with Crippen molar-refractivity contribution in [1.29, 1.82) is 0 Å². The molecule has 0 saturated carbocycles. The van der Waals surface area contributed by atoms with Gasteiger partial charge >= 0.3 is 0 Å². The predicted molar refractivity (Wildman–Crippen MR) is 54.5 cm³/mol. The Morgan fingerprint density at radius 1 is 1.20 bits per heavy atom. The van der Waals surface area contributed by atoms with Crippen molar-refractivity contribution >= 4 is 11.5 Å². The number of hydrogen-bond acceptors (Lipinski definition) is 3. The lowest BCUT2D eigenvalue weighted by Gasteiger charge is -2.27. The van der Waals surface area contributed by atoms with Crippen molar-refractivity contribution in [3.63, 3.8) is 0 Å². The molecule has 2 rings (SSSR count). The van der Waals surface area contributed by atoms with Crippen LogP contribution in [0.2, 0.25) is 0 Å². The van der Waals surface area contributed by atoms with Crippen LogP contribution >= 0.6 is 0 Å². The normalized spacial score (nSPS) is 15.9. The second kappa shape index (κ2) is 3.13. The van der Waals surface area contributed by atoms with Crippen LogP contribution in [0.1, 0.15) is 32.6 Å². The van der Waals surface area contributed by atoms with Crippen molar-refractivity contribution in [2.45, 2.75) is 27.2 Å². The highest BCUT2D eigenvalue weighted by Crippen LogP contribution is 2.35. The first kappa shape index (κ1) is 10.3. The molecule has 0 spiro atoms. The van der Waals surface area contributed by atoms with E-state index >= 15 is 0 Å². The van der Waals surface area contributed by atoms with Crippen LogP contribution in [-0.4, -0.2) is 11.0 Å². The Labute approximate surface area is 87.7 Å². The van der Waals surface area contributed by atoms with Crippen molar-refractivity contribution in [3.8, 4) is 0 Å². The first-order valence-corrected chi connectivity index (χ1v) is 4.84. The van der Waals surface area contributed by atoms with Crippen LogP contribution in [0.25, 0.3) is 0 Å². The molecule has 0 bridgehead atoms. The Bertz CT molecular complexity index is 440. The maximum atomic E-state index is 11.4. The van der Waals surface area contributed by atoms with Crippen LogP contribution < -0.4 is 5.23 Å². The molecule has 0 aliphatic heterocycles. The van der Waals surface area contributed by atoms with Gasteiger partial charge in [-0.15, -0.1) is 0 Å². The second-order valence-corrected chi connectivity index (χ2v) is 4.01. The number of ketones is 1. The van der Waals surface area contributed by atoms with E-state index in [9.17, 15) is 10.0 Å².